The van der Waals surface area contributed by atoms with Gasteiger partial charge in [0.25, 0.3) is 5.91 Å². The molecule has 1 aromatic heterocycles. The third-order valence-electron chi connectivity index (χ3n) is 2.62. The number of carbonyl (C=O) groups excluding carboxylic acids is 1. The molecule has 1 fully saturated rings. The molecule has 1 aliphatic rings. The van der Waals surface area contributed by atoms with E-state index in [1.165, 1.54) is 0 Å². The predicted octanol–water partition coefficient (Wildman–Crippen LogP) is 1.66. The zero-order valence-electron chi connectivity index (χ0n) is 9.12. The SMILES string of the molecule is Cn1ncc(C(=O)N2CC(C)(C)C2)c1Br. The molecule has 4 nitrogen and oxygen atoms in total. The van der Waals surface area contributed by atoms with E-state index in [1.54, 1.807) is 17.9 Å². The zero-order chi connectivity index (χ0) is 11.2. The number of hydrogen-bond donors (Lipinski definition) is 0. The predicted molar refractivity (Wildman–Crippen MR) is 60.6 cm³/mol. The maximum absolute atomic E-state index is 12.0. The molecule has 0 saturated carbocycles. The highest BCUT2D eigenvalue weighted by molar-refractivity contribution is 9.10. The quantitative estimate of drug-likeness (QED) is 0.780. The number of hydrogen-bond acceptors (Lipinski definition) is 2. The second-order valence-corrected chi connectivity index (χ2v) is 5.55. The largest absolute Gasteiger partial charge is 0.337 e. The molecule has 1 aromatic rings. The van der Waals surface area contributed by atoms with Crippen LogP contribution >= 0.6 is 15.9 Å². The fourth-order valence-electron chi connectivity index (χ4n) is 1.87. The lowest BCUT2D eigenvalue weighted by Crippen LogP contribution is -2.55. The molecule has 5 heteroatoms. The van der Waals surface area contributed by atoms with E-state index in [9.17, 15) is 4.79 Å². The van der Waals surface area contributed by atoms with Gasteiger partial charge in [0.05, 0.1) is 11.8 Å². The minimum absolute atomic E-state index is 0.0642. The molecule has 0 spiro atoms. The van der Waals surface area contributed by atoms with Gasteiger partial charge in [-0.1, -0.05) is 13.8 Å². The number of likely N-dealkylation sites (tertiary alicyclic amines) is 1. The van der Waals surface area contributed by atoms with Crippen LogP contribution in [0.1, 0.15) is 24.2 Å². The van der Waals surface area contributed by atoms with Crippen LogP contribution in [0, 0.1) is 5.41 Å². The van der Waals surface area contributed by atoms with Gasteiger partial charge in [-0.15, -0.1) is 0 Å². The van der Waals surface area contributed by atoms with Crippen LogP contribution in [0.15, 0.2) is 10.8 Å². The van der Waals surface area contributed by atoms with Crippen molar-refractivity contribution < 1.29 is 4.79 Å². The molecule has 0 N–H and O–H groups in total. The van der Waals surface area contributed by atoms with Gasteiger partial charge in [-0.3, -0.25) is 9.48 Å². The molecule has 2 heterocycles. The molecule has 1 aliphatic heterocycles. The lowest BCUT2D eigenvalue weighted by Gasteiger charge is -2.45. The topological polar surface area (TPSA) is 38.1 Å². The molecule has 15 heavy (non-hydrogen) atoms. The van der Waals surface area contributed by atoms with E-state index < -0.39 is 0 Å². The molecular weight excluding hydrogens is 258 g/mol. The van der Waals surface area contributed by atoms with Crippen molar-refractivity contribution in [3.05, 3.63) is 16.4 Å². The summed E-state index contributed by atoms with van der Waals surface area (Å²) in [6, 6.07) is 0. The van der Waals surface area contributed by atoms with Crippen LogP contribution in [0.25, 0.3) is 0 Å². The Morgan fingerprint density at radius 1 is 1.53 bits per heavy atom. The average Bonchev–Trinajstić information content (AvgIpc) is 2.43. The first-order chi connectivity index (χ1) is 6.91. The van der Waals surface area contributed by atoms with E-state index in [2.05, 4.69) is 34.9 Å². The van der Waals surface area contributed by atoms with Gasteiger partial charge in [0.1, 0.15) is 4.60 Å². The molecule has 82 valence electrons. The second-order valence-electron chi connectivity index (χ2n) is 4.80. The average molecular weight is 272 g/mol. The van der Waals surface area contributed by atoms with Gasteiger partial charge in [-0.2, -0.15) is 5.10 Å². The first-order valence-corrected chi connectivity index (χ1v) is 5.67. The smallest absolute Gasteiger partial charge is 0.258 e. The van der Waals surface area contributed by atoms with Gasteiger partial charge in [0, 0.05) is 20.1 Å². The molecule has 0 radical (unpaired) electrons. The molecule has 1 saturated heterocycles. The maximum atomic E-state index is 12.0. The normalized spacial score (nSPS) is 18.8. The van der Waals surface area contributed by atoms with E-state index in [4.69, 9.17) is 0 Å². The first-order valence-electron chi connectivity index (χ1n) is 4.87. The molecule has 2 rings (SSSR count). The van der Waals surface area contributed by atoms with Crippen molar-refractivity contribution in [2.24, 2.45) is 12.5 Å². The monoisotopic (exact) mass is 271 g/mol. The zero-order valence-corrected chi connectivity index (χ0v) is 10.7. The Balaban J connectivity index is 2.13. The molecule has 0 unspecified atom stereocenters. The highest BCUT2D eigenvalue weighted by atomic mass is 79.9. The van der Waals surface area contributed by atoms with Crippen LogP contribution in [-0.2, 0) is 7.05 Å². The molecule has 0 aromatic carbocycles. The van der Waals surface area contributed by atoms with E-state index in [-0.39, 0.29) is 11.3 Å². The summed E-state index contributed by atoms with van der Waals surface area (Å²) in [5.74, 6) is 0.0642. The Bertz CT molecular complexity index is 403. The number of carbonyl (C=O) groups is 1. The molecular formula is C10H14BrN3O. The van der Waals surface area contributed by atoms with E-state index in [0.717, 1.165) is 17.7 Å². The summed E-state index contributed by atoms with van der Waals surface area (Å²) in [6.45, 7) is 5.98. The van der Waals surface area contributed by atoms with Gasteiger partial charge < -0.3 is 4.90 Å². The fourth-order valence-corrected chi connectivity index (χ4v) is 2.23. The van der Waals surface area contributed by atoms with Crippen molar-refractivity contribution >= 4 is 21.8 Å². The van der Waals surface area contributed by atoms with E-state index in [0.29, 0.717) is 5.56 Å². The second kappa shape index (κ2) is 3.33. The Kier molecular flexibility index (Phi) is 2.37. The van der Waals surface area contributed by atoms with Crippen LogP contribution in [0.4, 0.5) is 0 Å². The molecule has 0 atom stereocenters. The van der Waals surface area contributed by atoms with Gasteiger partial charge in [-0.05, 0) is 21.3 Å². The molecule has 0 bridgehead atoms. The molecule has 0 aliphatic carbocycles. The third-order valence-corrected chi connectivity index (χ3v) is 3.56. The van der Waals surface area contributed by atoms with Crippen LogP contribution in [0.5, 0.6) is 0 Å². The third kappa shape index (κ3) is 1.80. The van der Waals surface area contributed by atoms with Crippen molar-refractivity contribution in [2.45, 2.75) is 13.8 Å². The number of aryl methyl sites for hydroxylation is 1. The Hall–Kier alpha value is -0.840. The summed E-state index contributed by atoms with van der Waals surface area (Å²) in [5.41, 5.74) is 0.914. The standard InChI is InChI=1S/C10H14BrN3O/c1-10(2)5-14(6-10)9(15)7-4-12-13(3)8(7)11/h4H,5-6H2,1-3H3. The van der Waals surface area contributed by atoms with Crippen molar-refractivity contribution in [2.75, 3.05) is 13.1 Å². The number of halogens is 1. The summed E-state index contributed by atoms with van der Waals surface area (Å²) in [7, 11) is 1.81. The highest BCUT2D eigenvalue weighted by Gasteiger charge is 2.38. The Labute approximate surface area is 97.4 Å². The van der Waals surface area contributed by atoms with Crippen molar-refractivity contribution in [1.82, 2.24) is 14.7 Å². The van der Waals surface area contributed by atoms with Crippen LogP contribution in [-0.4, -0.2) is 33.7 Å². The van der Waals surface area contributed by atoms with Crippen molar-refractivity contribution in [1.29, 1.82) is 0 Å². The van der Waals surface area contributed by atoms with Gasteiger partial charge in [0.2, 0.25) is 0 Å². The number of amides is 1. The molecule has 1 amide bonds. The summed E-state index contributed by atoms with van der Waals surface area (Å²) in [6.07, 6.45) is 1.61. The van der Waals surface area contributed by atoms with Gasteiger partial charge >= 0.3 is 0 Å². The van der Waals surface area contributed by atoms with E-state index >= 15 is 0 Å². The van der Waals surface area contributed by atoms with E-state index in [1.807, 2.05) is 4.90 Å². The number of aromatic nitrogens is 2. The van der Waals surface area contributed by atoms with Gasteiger partial charge in [0.15, 0.2) is 0 Å². The van der Waals surface area contributed by atoms with Crippen LogP contribution in [0.3, 0.4) is 0 Å². The minimum atomic E-state index is 0.0642. The fraction of sp³-hybridized carbons (Fsp3) is 0.600. The summed E-state index contributed by atoms with van der Waals surface area (Å²) < 4.78 is 2.40. The Morgan fingerprint density at radius 3 is 2.53 bits per heavy atom. The highest BCUT2D eigenvalue weighted by Crippen LogP contribution is 2.31. The van der Waals surface area contributed by atoms with Crippen molar-refractivity contribution in [3.8, 4) is 0 Å². The minimum Gasteiger partial charge on any atom is -0.337 e. The number of nitrogens with zero attached hydrogens (tertiary/aromatic N) is 3. The summed E-state index contributed by atoms with van der Waals surface area (Å²) in [4.78, 5) is 13.8. The lowest BCUT2D eigenvalue weighted by molar-refractivity contribution is 0.0235. The van der Waals surface area contributed by atoms with Gasteiger partial charge in [-0.25, -0.2) is 0 Å². The van der Waals surface area contributed by atoms with Crippen molar-refractivity contribution in [3.63, 3.8) is 0 Å². The Morgan fingerprint density at radius 2 is 2.13 bits per heavy atom. The first kappa shape index (κ1) is 10.7. The summed E-state index contributed by atoms with van der Waals surface area (Å²) >= 11 is 3.35. The van der Waals surface area contributed by atoms with Crippen LogP contribution < -0.4 is 0 Å². The van der Waals surface area contributed by atoms with Crippen LogP contribution in [0.2, 0.25) is 0 Å². The summed E-state index contributed by atoms with van der Waals surface area (Å²) in [5, 5.41) is 4.04. The maximum Gasteiger partial charge on any atom is 0.258 e. The lowest BCUT2D eigenvalue weighted by atomic mass is 9.84. The number of rotatable bonds is 1.